The number of halogens is 5. The molecule has 1 fully saturated rings. The molecular formula is C25H16Cl5N3O2. The van der Waals surface area contributed by atoms with E-state index in [2.05, 4.69) is 16.7 Å². The standard InChI is InChI=1S/C25H16Cl5N3O2/c26-15-7-14(8-16(27)9-15)22-23(25(22,29)30)24(35)33-17-5-6-19(28)18(10-17)21(34)12-32-20-4-2-1-3-13(20)11-31/h1-10,22-23,32H,12H2,(H,33,35). The molecule has 2 atom stereocenters. The van der Waals surface area contributed by atoms with Gasteiger partial charge in [0.25, 0.3) is 0 Å². The fraction of sp³-hybridized carbons (Fsp3) is 0.160. The number of carbonyl (C=O) groups is 2. The second kappa shape index (κ2) is 10.3. The number of Topliss-reactive ketones (excluding diaryl/α,β-unsaturated/α-hetero) is 1. The van der Waals surface area contributed by atoms with E-state index in [-0.39, 0.29) is 22.9 Å². The average molecular weight is 568 g/mol. The minimum absolute atomic E-state index is 0.0947. The number of anilines is 2. The Bertz CT molecular complexity index is 1350. The molecule has 10 heteroatoms. The predicted molar refractivity (Wildman–Crippen MR) is 141 cm³/mol. The van der Waals surface area contributed by atoms with Gasteiger partial charge in [0, 0.05) is 27.2 Å². The van der Waals surface area contributed by atoms with Crippen molar-refractivity contribution in [2.75, 3.05) is 17.2 Å². The summed E-state index contributed by atoms with van der Waals surface area (Å²) < 4.78 is -1.33. The number of nitriles is 1. The first kappa shape index (κ1) is 25.6. The number of carbonyl (C=O) groups excluding carboxylic acids is 2. The smallest absolute Gasteiger partial charge is 0.231 e. The van der Waals surface area contributed by atoms with E-state index in [9.17, 15) is 14.9 Å². The van der Waals surface area contributed by atoms with Gasteiger partial charge >= 0.3 is 0 Å². The van der Waals surface area contributed by atoms with Crippen molar-refractivity contribution in [3.63, 3.8) is 0 Å². The molecular weight excluding hydrogens is 552 g/mol. The van der Waals surface area contributed by atoms with Gasteiger partial charge in [-0.25, -0.2) is 0 Å². The SMILES string of the molecule is N#Cc1ccccc1NCC(=O)c1cc(NC(=O)C2C(c3cc(Cl)cc(Cl)c3)C2(Cl)Cl)ccc1Cl. The third kappa shape index (κ3) is 5.53. The highest BCUT2D eigenvalue weighted by Crippen LogP contribution is 2.65. The van der Waals surface area contributed by atoms with Gasteiger partial charge in [-0.2, -0.15) is 5.26 Å². The first-order valence-corrected chi connectivity index (χ1v) is 12.2. The van der Waals surface area contributed by atoms with Crippen LogP contribution < -0.4 is 10.6 Å². The van der Waals surface area contributed by atoms with Gasteiger partial charge in [0.15, 0.2) is 5.78 Å². The Balaban J connectivity index is 1.47. The largest absolute Gasteiger partial charge is 0.377 e. The summed E-state index contributed by atoms with van der Waals surface area (Å²) in [4.78, 5) is 25.8. The van der Waals surface area contributed by atoms with Crippen LogP contribution in [0.1, 0.15) is 27.4 Å². The van der Waals surface area contributed by atoms with Crippen molar-refractivity contribution in [3.8, 4) is 6.07 Å². The molecule has 0 saturated heterocycles. The zero-order chi connectivity index (χ0) is 25.3. The zero-order valence-corrected chi connectivity index (χ0v) is 21.6. The van der Waals surface area contributed by atoms with Crippen molar-refractivity contribution in [2.45, 2.75) is 10.3 Å². The monoisotopic (exact) mass is 565 g/mol. The van der Waals surface area contributed by atoms with Gasteiger partial charge < -0.3 is 10.6 Å². The normalized spacial score (nSPS) is 17.8. The van der Waals surface area contributed by atoms with Crippen LogP contribution in [0.5, 0.6) is 0 Å². The van der Waals surface area contributed by atoms with E-state index < -0.39 is 22.1 Å². The molecule has 3 aromatic rings. The van der Waals surface area contributed by atoms with Crippen LogP contribution in [0.3, 0.4) is 0 Å². The minimum Gasteiger partial charge on any atom is -0.377 e. The second-order valence-corrected chi connectivity index (χ2v) is 10.7. The molecule has 0 aromatic heterocycles. The van der Waals surface area contributed by atoms with Gasteiger partial charge in [-0.3, -0.25) is 9.59 Å². The predicted octanol–water partition coefficient (Wildman–Crippen LogP) is 7.34. The Hall–Kier alpha value is -2.46. The number of alkyl halides is 2. The summed E-state index contributed by atoms with van der Waals surface area (Å²) in [6.45, 7) is -0.0947. The molecule has 0 spiro atoms. The lowest BCUT2D eigenvalue weighted by Gasteiger charge is -2.11. The third-order valence-corrected chi connectivity index (χ3v) is 7.31. The first-order valence-electron chi connectivity index (χ1n) is 10.3. The molecule has 2 unspecified atom stereocenters. The van der Waals surface area contributed by atoms with Gasteiger partial charge in [-0.05, 0) is 54.1 Å². The van der Waals surface area contributed by atoms with Crippen molar-refractivity contribution in [3.05, 3.63) is 92.4 Å². The number of ketones is 1. The molecule has 0 aliphatic heterocycles. The van der Waals surface area contributed by atoms with Gasteiger partial charge in [-0.1, -0.05) is 46.9 Å². The maximum absolute atomic E-state index is 13.0. The van der Waals surface area contributed by atoms with Gasteiger partial charge in [0.05, 0.1) is 28.7 Å². The summed E-state index contributed by atoms with van der Waals surface area (Å²) in [6, 6.07) is 18.4. The van der Waals surface area contributed by atoms with Crippen molar-refractivity contribution < 1.29 is 9.59 Å². The summed E-state index contributed by atoms with van der Waals surface area (Å²) in [5.74, 6) is -1.99. The number of rotatable bonds is 7. The van der Waals surface area contributed by atoms with Crippen LogP contribution in [0.25, 0.3) is 0 Å². The molecule has 0 bridgehead atoms. The lowest BCUT2D eigenvalue weighted by atomic mass is 10.1. The van der Waals surface area contributed by atoms with Crippen LogP contribution in [0.2, 0.25) is 15.1 Å². The lowest BCUT2D eigenvalue weighted by Crippen LogP contribution is -2.18. The fourth-order valence-electron chi connectivity index (χ4n) is 3.86. The molecule has 0 heterocycles. The van der Waals surface area contributed by atoms with Gasteiger partial charge in [-0.15, -0.1) is 23.2 Å². The Kier molecular flexibility index (Phi) is 7.51. The topological polar surface area (TPSA) is 82.0 Å². The second-order valence-electron chi connectivity index (χ2n) is 7.95. The Morgan fingerprint density at radius 3 is 2.34 bits per heavy atom. The summed E-state index contributed by atoms with van der Waals surface area (Å²) in [7, 11) is 0. The summed E-state index contributed by atoms with van der Waals surface area (Å²) >= 11 is 31.2. The summed E-state index contributed by atoms with van der Waals surface area (Å²) in [5, 5.41) is 16.0. The first-order chi connectivity index (χ1) is 16.6. The molecule has 1 saturated carbocycles. The molecule has 1 aliphatic carbocycles. The van der Waals surface area contributed by atoms with Crippen LogP contribution in [0.4, 0.5) is 11.4 Å². The van der Waals surface area contributed by atoms with Crippen LogP contribution in [0, 0.1) is 17.2 Å². The van der Waals surface area contributed by atoms with Crippen molar-refractivity contribution in [1.82, 2.24) is 0 Å². The summed E-state index contributed by atoms with van der Waals surface area (Å²) in [6.07, 6.45) is 0. The van der Waals surface area contributed by atoms with Crippen LogP contribution in [0.15, 0.2) is 60.7 Å². The number of nitrogens with one attached hydrogen (secondary N) is 2. The molecule has 4 rings (SSSR count). The maximum atomic E-state index is 13.0. The molecule has 2 N–H and O–H groups in total. The van der Waals surface area contributed by atoms with Crippen molar-refractivity contribution in [2.24, 2.45) is 5.92 Å². The molecule has 1 aliphatic rings. The van der Waals surface area contributed by atoms with E-state index in [1.165, 1.54) is 12.1 Å². The summed E-state index contributed by atoms with van der Waals surface area (Å²) in [5.41, 5.74) is 2.18. The number of amides is 1. The van der Waals surface area contributed by atoms with Gasteiger partial charge in [0.2, 0.25) is 5.91 Å². The van der Waals surface area contributed by atoms with Gasteiger partial charge in [0.1, 0.15) is 10.4 Å². The van der Waals surface area contributed by atoms with Crippen molar-refractivity contribution in [1.29, 1.82) is 5.26 Å². The molecule has 3 aromatic carbocycles. The zero-order valence-electron chi connectivity index (χ0n) is 17.8. The Labute approximate surface area is 226 Å². The van der Waals surface area contributed by atoms with E-state index in [0.29, 0.717) is 32.5 Å². The third-order valence-electron chi connectivity index (χ3n) is 5.60. The minimum atomic E-state index is -1.33. The van der Waals surface area contributed by atoms with Crippen LogP contribution >= 0.6 is 58.0 Å². The molecule has 1 amide bonds. The van der Waals surface area contributed by atoms with E-state index >= 15 is 0 Å². The Morgan fingerprint density at radius 1 is 0.971 bits per heavy atom. The number of nitrogens with zero attached hydrogens (tertiary/aromatic N) is 1. The lowest BCUT2D eigenvalue weighted by molar-refractivity contribution is -0.117. The molecule has 5 nitrogen and oxygen atoms in total. The highest BCUT2D eigenvalue weighted by molar-refractivity contribution is 6.53. The highest BCUT2D eigenvalue weighted by Gasteiger charge is 2.67. The quantitative estimate of drug-likeness (QED) is 0.231. The molecule has 0 radical (unpaired) electrons. The molecule has 35 heavy (non-hydrogen) atoms. The van der Waals surface area contributed by atoms with E-state index in [4.69, 9.17) is 58.0 Å². The number of para-hydroxylation sites is 1. The van der Waals surface area contributed by atoms with E-state index in [1.807, 2.05) is 0 Å². The van der Waals surface area contributed by atoms with Crippen molar-refractivity contribution >= 4 is 81.1 Å². The average Bonchev–Trinajstić information content (AvgIpc) is 3.40. The van der Waals surface area contributed by atoms with E-state index in [1.54, 1.807) is 48.5 Å². The van der Waals surface area contributed by atoms with Crippen LogP contribution in [-0.4, -0.2) is 22.6 Å². The highest BCUT2D eigenvalue weighted by atomic mass is 35.5. The fourth-order valence-corrected chi connectivity index (χ4v) is 5.46. The number of hydrogen-bond acceptors (Lipinski definition) is 4. The molecule has 178 valence electrons. The Morgan fingerprint density at radius 2 is 1.66 bits per heavy atom. The van der Waals surface area contributed by atoms with Crippen LogP contribution in [-0.2, 0) is 4.79 Å². The number of benzene rings is 3. The number of hydrogen-bond donors (Lipinski definition) is 2. The van der Waals surface area contributed by atoms with E-state index in [0.717, 1.165) is 0 Å². The maximum Gasteiger partial charge on any atom is 0.231 e.